The molecule has 1 saturated heterocycles. The van der Waals surface area contributed by atoms with Gasteiger partial charge in [-0.2, -0.15) is 0 Å². The molecule has 1 fully saturated rings. The number of aryl methyl sites for hydroxylation is 2. The molecular weight excluding hydrogens is 358 g/mol. The number of nitrogens with one attached hydrogen (secondary N) is 1. The molecule has 3 heterocycles. The Hall–Kier alpha value is -2.51. The largest absolute Gasteiger partial charge is 0.336 e. The molecule has 1 atom stereocenters. The van der Waals surface area contributed by atoms with Crippen molar-refractivity contribution in [2.45, 2.75) is 19.4 Å². The second-order valence-electron chi connectivity index (χ2n) is 6.89. The fourth-order valence-corrected chi connectivity index (χ4v) is 4.23. The fourth-order valence-electron chi connectivity index (χ4n) is 3.41. The van der Waals surface area contributed by atoms with Crippen LogP contribution in [0.5, 0.6) is 0 Å². The third-order valence-electron chi connectivity index (χ3n) is 4.90. The van der Waals surface area contributed by atoms with Crippen molar-refractivity contribution in [3.8, 4) is 10.6 Å². The minimum absolute atomic E-state index is 0.0403. The molecule has 7 heteroatoms. The van der Waals surface area contributed by atoms with Crippen molar-refractivity contribution < 1.29 is 4.79 Å². The Bertz CT molecular complexity index is 930. The van der Waals surface area contributed by atoms with E-state index in [1.54, 1.807) is 17.5 Å². The lowest BCUT2D eigenvalue weighted by atomic mass is 10.1. The molecule has 0 aliphatic carbocycles. The van der Waals surface area contributed by atoms with E-state index in [-0.39, 0.29) is 11.9 Å². The molecule has 4 rings (SSSR count). The topological polar surface area (TPSA) is 63.1 Å². The van der Waals surface area contributed by atoms with Crippen LogP contribution >= 0.6 is 11.3 Å². The highest BCUT2D eigenvalue weighted by atomic mass is 32.1. The number of imidazole rings is 1. The number of hydrogen-bond acceptors (Lipinski definition) is 5. The van der Waals surface area contributed by atoms with Gasteiger partial charge in [0.25, 0.3) is 0 Å². The maximum atomic E-state index is 13.0. The van der Waals surface area contributed by atoms with E-state index in [2.05, 4.69) is 46.5 Å². The van der Waals surface area contributed by atoms with Crippen LogP contribution < -0.4 is 5.32 Å². The van der Waals surface area contributed by atoms with Crippen molar-refractivity contribution in [1.82, 2.24) is 24.8 Å². The van der Waals surface area contributed by atoms with Crippen LogP contribution in [-0.4, -0.2) is 45.0 Å². The second-order valence-corrected chi connectivity index (χ2v) is 7.75. The van der Waals surface area contributed by atoms with Gasteiger partial charge in [0.15, 0.2) is 0 Å². The van der Waals surface area contributed by atoms with Gasteiger partial charge in [-0.05, 0) is 6.92 Å². The van der Waals surface area contributed by atoms with E-state index in [0.717, 1.165) is 35.2 Å². The van der Waals surface area contributed by atoms with Gasteiger partial charge in [0.1, 0.15) is 16.9 Å². The molecule has 2 aromatic heterocycles. The highest BCUT2D eigenvalue weighted by Crippen LogP contribution is 2.26. The van der Waals surface area contributed by atoms with Gasteiger partial charge in [-0.1, -0.05) is 29.8 Å². The molecule has 1 aliphatic rings. The van der Waals surface area contributed by atoms with E-state index in [9.17, 15) is 4.79 Å². The summed E-state index contributed by atoms with van der Waals surface area (Å²) >= 11 is 1.59. The molecule has 27 heavy (non-hydrogen) atoms. The minimum atomic E-state index is -0.0403. The maximum Gasteiger partial charge on any atom is 0.229 e. The summed E-state index contributed by atoms with van der Waals surface area (Å²) in [6.07, 6.45) is 4.02. The summed E-state index contributed by atoms with van der Waals surface area (Å²) < 4.78 is 1.98. The number of hydrogen-bond donors (Lipinski definition) is 1. The Morgan fingerprint density at radius 1 is 1.33 bits per heavy atom. The van der Waals surface area contributed by atoms with Crippen LogP contribution in [0.25, 0.3) is 10.6 Å². The quantitative estimate of drug-likeness (QED) is 0.754. The highest BCUT2D eigenvalue weighted by molar-refractivity contribution is 7.13. The Morgan fingerprint density at radius 2 is 2.15 bits per heavy atom. The Balaban J connectivity index is 1.49. The van der Waals surface area contributed by atoms with Crippen LogP contribution in [-0.2, 0) is 18.3 Å². The van der Waals surface area contributed by atoms with Crippen LogP contribution in [0.4, 0.5) is 0 Å². The van der Waals surface area contributed by atoms with Crippen molar-refractivity contribution in [3.63, 3.8) is 0 Å². The van der Waals surface area contributed by atoms with E-state index in [0.29, 0.717) is 13.0 Å². The monoisotopic (exact) mass is 381 g/mol. The Labute approximate surface area is 162 Å². The standard InChI is InChI=1S/C20H23N5OS/c1-14-3-5-15(6-4-14)20-23-16(13-27-20)11-18(26)25-10-7-21-12-17(25)19-22-8-9-24(19)2/h3-6,8-9,13,17,21H,7,10-12H2,1-2H3. The van der Waals surface area contributed by atoms with Crippen molar-refractivity contribution in [2.75, 3.05) is 19.6 Å². The first-order chi connectivity index (χ1) is 13.1. The number of amides is 1. The number of rotatable bonds is 4. The first-order valence-electron chi connectivity index (χ1n) is 9.10. The summed E-state index contributed by atoms with van der Waals surface area (Å²) in [5.41, 5.74) is 3.15. The van der Waals surface area contributed by atoms with E-state index < -0.39 is 0 Å². The third-order valence-corrected chi connectivity index (χ3v) is 5.84. The zero-order valence-corrected chi connectivity index (χ0v) is 16.4. The van der Waals surface area contributed by atoms with E-state index >= 15 is 0 Å². The third kappa shape index (κ3) is 3.79. The molecule has 140 valence electrons. The lowest BCUT2D eigenvalue weighted by Crippen LogP contribution is -2.49. The average molecular weight is 382 g/mol. The lowest BCUT2D eigenvalue weighted by molar-refractivity contribution is -0.134. The van der Waals surface area contributed by atoms with Crippen molar-refractivity contribution in [2.24, 2.45) is 7.05 Å². The number of carbonyl (C=O) groups is 1. The molecule has 0 bridgehead atoms. The van der Waals surface area contributed by atoms with Gasteiger partial charge >= 0.3 is 0 Å². The fraction of sp³-hybridized carbons (Fsp3) is 0.350. The molecule has 6 nitrogen and oxygen atoms in total. The number of carbonyl (C=O) groups excluding carboxylic acids is 1. The summed E-state index contributed by atoms with van der Waals surface area (Å²) in [5.74, 6) is 1.01. The van der Waals surface area contributed by atoms with Gasteiger partial charge in [-0.3, -0.25) is 4.79 Å². The van der Waals surface area contributed by atoms with Gasteiger partial charge in [0.2, 0.25) is 5.91 Å². The predicted molar refractivity (Wildman–Crippen MR) is 107 cm³/mol. The molecule has 1 N–H and O–H groups in total. The molecule has 1 amide bonds. The Morgan fingerprint density at radius 3 is 2.89 bits per heavy atom. The minimum Gasteiger partial charge on any atom is -0.336 e. The van der Waals surface area contributed by atoms with E-state index in [1.165, 1.54) is 5.56 Å². The number of piperazine rings is 1. The van der Waals surface area contributed by atoms with Crippen LogP contribution in [0.2, 0.25) is 0 Å². The molecule has 1 aliphatic heterocycles. The van der Waals surface area contributed by atoms with Crippen molar-refractivity contribution in [1.29, 1.82) is 0 Å². The summed E-state index contributed by atoms with van der Waals surface area (Å²) in [7, 11) is 1.97. The molecular formula is C20H23N5OS. The Kier molecular flexibility index (Phi) is 5.05. The van der Waals surface area contributed by atoms with Crippen LogP contribution in [0.1, 0.15) is 23.1 Å². The van der Waals surface area contributed by atoms with E-state index in [1.807, 2.05) is 28.1 Å². The highest BCUT2D eigenvalue weighted by Gasteiger charge is 2.30. The number of benzene rings is 1. The van der Waals surface area contributed by atoms with Gasteiger partial charge in [-0.15, -0.1) is 11.3 Å². The van der Waals surface area contributed by atoms with Crippen LogP contribution in [0.3, 0.4) is 0 Å². The maximum absolute atomic E-state index is 13.0. The zero-order valence-electron chi connectivity index (χ0n) is 15.6. The van der Waals surface area contributed by atoms with Crippen LogP contribution in [0.15, 0.2) is 42.0 Å². The SMILES string of the molecule is Cc1ccc(-c2nc(CC(=O)N3CCNCC3c3nccn3C)cs2)cc1. The first kappa shape index (κ1) is 17.9. The summed E-state index contributed by atoms with van der Waals surface area (Å²) in [6.45, 7) is 4.28. The number of thiazole rings is 1. The van der Waals surface area contributed by atoms with Gasteiger partial charge < -0.3 is 14.8 Å². The molecule has 1 aromatic carbocycles. The molecule has 1 unspecified atom stereocenters. The number of nitrogens with zero attached hydrogens (tertiary/aromatic N) is 4. The molecule has 0 spiro atoms. The lowest BCUT2D eigenvalue weighted by Gasteiger charge is -2.35. The van der Waals surface area contributed by atoms with Crippen molar-refractivity contribution >= 4 is 17.2 Å². The van der Waals surface area contributed by atoms with Gasteiger partial charge in [-0.25, -0.2) is 9.97 Å². The van der Waals surface area contributed by atoms with Gasteiger partial charge in [0.05, 0.1) is 12.1 Å². The van der Waals surface area contributed by atoms with E-state index in [4.69, 9.17) is 0 Å². The summed E-state index contributed by atoms with van der Waals surface area (Å²) in [6, 6.07) is 8.28. The van der Waals surface area contributed by atoms with Gasteiger partial charge in [0, 0.05) is 50.0 Å². The smallest absolute Gasteiger partial charge is 0.229 e. The first-order valence-corrected chi connectivity index (χ1v) is 9.98. The second kappa shape index (κ2) is 7.62. The zero-order chi connectivity index (χ0) is 18.8. The molecule has 0 radical (unpaired) electrons. The predicted octanol–water partition coefficient (Wildman–Crippen LogP) is 2.57. The summed E-state index contributed by atoms with van der Waals surface area (Å²) in [4.78, 5) is 24.1. The summed E-state index contributed by atoms with van der Waals surface area (Å²) in [5, 5.41) is 6.32. The van der Waals surface area contributed by atoms with Crippen molar-refractivity contribution in [3.05, 3.63) is 59.1 Å². The molecule has 0 saturated carbocycles. The number of aromatic nitrogens is 3. The van der Waals surface area contributed by atoms with Crippen LogP contribution in [0, 0.1) is 6.92 Å². The normalized spacial score (nSPS) is 17.3. The average Bonchev–Trinajstić information content (AvgIpc) is 3.31. The molecule has 3 aromatic rings.